The van der Waals surface area contributed by atoms with E-state index in [2.05, 4.69) is 32.6 Å². The van der Waals surface area contributed by atoms with Crippen molar-refractivity contribution in [2.45, 2.75) is 25.8 Å². The van der Waals surface area contributed by atoms with Gasteiger partial charge < -0.3 is 25.2 Å². The van der Waals surface area contributed by atoms with Crippen LogP contribution >= 0.6 is 0 Å². The predicted molar refractivity (Wildman–Crippen MR) is 119 cm³/mol. The van der Waals surface area contributed by atoms with Gasteiger partial charge in [0.15, 0.2) is 0 Å². The highest BCUT2D eigenvalue weighted by Gasteiger charge is 2.17. The molecule has 1 heterocycles. The number of nitrogens with zero attached hydrogens (tertiary/aromatic N) is 2. The summed E-state index contributed by atoms with van der Waals surface area (Å²) >= 11 is 0. The number of methoxy groups -OCH3 is 1. The average molecular weight is 397 g/mol. The molecule has 2 amide bonds. The lowest BCUT2D eigenvalue weighted by molar-refractivity contribution is 0.243. The molecule has 0 aliphatic carbocycles. The third-order valence-electron chi connectivity index (χ3n) is 5.51. The lowest BCUT2D eigenvalue weighted by Gasteiger charge is -2.25. The van der Waals surface area contributed by atoms with Gasteiger partial charge in [0.2, 0.25) is 0 Å². The molecule has 156 valence electrons. The number of hydrogen-bond acceptors (Lipinski definition) is 4. The number of hydrogen-bond donors (Lipinski definition) is 2. The topological polar surface area (TPSA) is 56.8 Å². The summed E-state index contributed by atoms with van der Waals surface area (Å²) in [6.45, 7) is 4.78. The number of urea groups is 1. The van der Waals surface area contributed by atoms with E-state index in [4.69, 9.17) is 4.74 Å². The molecule has 3 rings (SSSR count). The van der Waals surface area contributed by atoms with Crippen molar-refractivity contribution < 1.29 is 9.53 Å². The molecule has 1 saturated heterocycles. The highest BCUT2D eigenvalue weighted by Crippen LogP contribution is 2.25. The third kappa shape index (κ3) is 5.41. The Morgan fingerprint density at radius 3 is 2.41 bits per heavy atom. The Kier molecular flexibility index (Phi) is 6.99. The van der Waals surface area contributed by atoms with Crippen molar-refractivity contribution in [2.24, 2.45) is 0 Å². The third-order valence-corrected chi connectivity index (χ3v) is 5.51. The molecule has 2 N–H and O–H groups in total. The second-order valence-corrected chi connectivity index (χ2v) is 7.78. The van der Waals surface area contributed by atoms with Crippen LogP contribution in [-0.4, -0.2) is 51.8 Å². The number of anilines is 2. The van der Waals surface area contributed by atoms with Gasteiger partial charge in [0, 0.05) is 31.0 Å². The van der Waals surface area contributed by atoms with Crippen molar-refractivity contribution in [3.8, 4) is 5.75 Å². The van der Waals surface area contributed by atoms with Crippen LogP contribution in [-0.2, 0) is 0 Å². The van der Waals surface area contributed by atoms with E-state index in [-0.39, 0.29) is 12.1 Å². The van der Waals surface area contributed by atoms with Gasteiger partial charge in [-0.2, -0.15) is 0 Å². The first-order chi connectivity index (χ1) is 14.0. The smallest absolute Gasteiger partial charge is 0.319 e. The predicted octanol–water partition coefficient (Wildman–Crippen LogP) is 4.03. The first-order valence-electron chi connectivity index (χ1n) is 10.2. The van der Waals surface area contributed by atoms with Gasteiger partial charge in [0.1, 0.15) is 5.75 Å². The summed E-state index contributed by atoms with van der Waals surface area (Å²) in [5.41, 5.74) is 4.28. The molecular formula is C23H32N4O2. The molecule has 6 heteroatoms. The van der Waals surface area contributed by atoms with Crippen LogP contribution < -0.4 is 20.3 Å². The van der Waals surface area contributed by atoms with Gasteiger partial charge >= 0.3 is 6.03 Å². The molecule has 2 aromatic rings. The van der Waals surface area contributed by atoms with E-state index in [1.54, 1.807) is 7.11 Å². The molecule has 0 radical (unpaired) electrons. The molecule has 0 spiro atoms. The largest absolute Gasteiger partial charge is 0.497 e. The molecule has 1 fully saturated rings. The first-order valence-corrected chi connectivity index (χ1v) is 10.2. The zero-order chi connectivity index (χ0) is 20.8. The maximum absolute atomic E-state index is 12.5. The van der Waals surface area contributed by atoms with E-state index in [0.717, 1.165) is 35.7 Å². The number of ether oxygens (including phenoxy) is 1. The van der Waals surface area contributed by atoms with E-state index in [1.807, 2.05) is 51.4 Å². The molecule has 1 atom stereocenters. The Morgan fingerprint density at radius 2 is 1.83 bits per heavy atom. The molecular weight excluding hydrogens is 364 g/mol. The maximum atomic E-state index is 12.5. The second kappa shape index (κ2) is 9.65. The molecule has 6 nitrogen and oxygen atoms in total. The molecule has 0 unspecified atom stereocenters. The first kappa shape index (κ1) is 21.0. The fourth-order valence-corrected chi connectivity index (χ4v) is 3.74. The minimum atomic E-state index is -0.192. The van der Waals surface area contributed by atoms with Crippen LogP contribution in [0.2, 0.25) is 0 Å². The van der Waals surface area contributed by atoms with Gasteiger partial charge in [0.25, 0.3) is 0 Å². The maximum Gasteiger partial charge on any atom is 0.319 e. The van der Waals surface area contributed by atoms with Crippen LogP contribution in [0.15, 0.2) is 42.5 Å². The van der Waals surface area contributed by atoms with Crippen molar-refractivity contribution in [3.63, 3.8) is 0 Å². The van der Waals surface area contributed by atoms with Crippen molar-refractivity contribution in [2.75, 3.05) is 51.1 Å². The van der Waals surface area contributed by atoms with E-state index < -0.39 is 0 Å². The number of carbonyl (C=O) groups excluding carboxylic acids is 1. The van der Waals surface area contributed by atoms with Gasteiger partial charge in [0.05, 0.1) is 13.2 Å². The van der Waals surface area contributed by atoms with Crippen LogP contribution in [0.25, 0.3) is 0 Å². The van der Waals surface area contributed by atoms with Gasteiger partial charge in [-0.25, -0.2) is 4.79 Å². The standard InChI is InChI=1S/C23H32N4O2/c1-17-15-19(27-13-5-6-14-27)9-12-21(17)25-23(28)24-16-22(26(2)3)18-7-10-20(29-4)11-8-18/h7-12,15,22H,5-6,13-14,16H2,1-4H3,(H2,24,25,28)/t22-/m0/s1. The second-order valence-electron chi connectivity index (χ2n) is 7.78. The molecule has 0 bridgehead atoms. The van der Waals surface area contributed by atoms with Gasteiger partial charge in [-0.05, 0) is 75.3 Å². The number of rotatable bonds is 7. The summed E-state index contributed by atoms with van der Waals surface area (Å²) in [5, 5.41) is 5.99. The highest BCUT2D eigenvalue weighted by molar-refractivity contribution is 5.90. The summed E-state index contributed by atoms with van der Waals surface area (Å²) in [6.07, 6.45) is 2.51. The molecule has 1 aliphatic heterocycles. The molecule has 29 heavy (non-hydrogen) atoms. The van der Waals surface area contributed by atoms with Crippen LogP contribution in [0, 0.1) is 6.92 Å². The van der Waals surface area contributed by atoms with Crippen LogP contribution in [0.5, 0.6) is 5.75 Å². The summed E-state index contributed by atoms with van der Waals surface area (Å²) in [5.74, 6) is 0.824. The Hall–Kier alpha value is -2.73. The summed E-state index contributed by atoms with van der Waals surface area (Å²) in [7, 11) is 5.68. The van der Waals surface area contributed by atoms with Crippen molar-refractivity contribution in [1.29, 1.82) is 0 Å². The fourth-order valence-electron chi connectivity index (χ4n) is 3.74. The molecule has 0 saturated carbocycles. The lowest BCUT2D eigenvalue weighted by Crippen LogP contribution is -2.37. The van der Waals surface area contributed by atoms with Gasteiger partial charge in [-0.3, -0.25) is 0 Å². The van der Waals surface area contributed by atoms with E-state index >= 15 is 0 Å². The minimum Gasteiger partial charge on any atom is -0.497 e. The van der Waals surface area contributed by atoms with Gasteiger partial charge in [-0.1, -0.05) is 12.1 Å². The highest BCUT2D eigenvalue weighted by atomic mass is 16.5. The number of amides is 2. The van der Waals surface area contributed by atoms with Crippen LogP contribution in [0.1, 0.15) is 30.0 Å². The number of aryl methyl sites for hydroxylation is 1. The van der Waals surface area contributed by atoms with Crippen molar-refractivity contribution >= 4 is 17.4 Å². The summed E-state index contributed by atoms with van der Waals surface area (Å²) in [4.78, 5) is 17.0. The number of carbonyl (C=O) groups is 1. The van der Waals surface area contributed by atoms with Crippen molar-refractivity contribution in [1.82, 2.24) is 10.2 Å². The summed E-state index contributed by atoms with van der Waals surface area (Å²) < 4.78 is 5.23. The number of nitrogens with one attached hydrogen (secondary N) is 2. The Bertz CT molecular complexity index is 814. The Labute approximate surface area is 173 Å². The van der Waals surface area contributed by atoms with E-state index in [9.17, 15) is 4.79 Å². The minimum absolute atomic E-state index is 0.0743. The lowest BCUT2D eigenvalue weighted by atomic mass is 10.1. The molecule has 0 aromatic heterocycles. The fraction of sp³-hybridized carbons (Fsp3) is 0.435. The SMILES string of the molecule is COc1ccc([C@H](CNC(=O)Nc2ccc(N3CCCC3)cc2C)N(C)C)cc1. The van der Waals surface area contributed by atoms with E-state index in [1.165, 1.54) is 18.5 Å². The normalized spacial score (nSPS) is 14.7. The van der Waals surface area contributed by atoms with Crippen LogP contribution in [0.3, 0.4) is 0 Å². The molecule has 2 aromatic carbocycles. The van der Waals surface area contributed by atoms with E-state index in [0.29, 0.717) is 6.54 Å². The van der Waals surface area contributed by atoms with Gasteiger partial charge in [-0.15, -0.1) is 0 Å². The Balaban J connectivity index is 1.58. The zero-order valence-corrected chi connectivity index (χ0v) is 17.9. The molecule has 1 aliphatic rings. The summed E-state index contributed by atoms with van der Waals surface area (Å²) in [6, 6.07) is 14.1. The quantitative estimate of drug-likeness (QED) is 0.742. The van der Waals surface area contributed by atoms with Crippen molar-refractivity contribution in [3.05, 3.63) is 53.6 Å². The zero-order valence-electron chi connectivity index (χ0n) is 17.9. The number of likely N-dealkylation sites (N-methyl/N-ethyl adjacent to an activating group) is 1. The average Bonchev–Trinajstić information content (AvgIpc) is 3.25. The van der Waals surface area contributed by atoms with Crippen LogP contribution in [0.4, 0.5) is 16.2 Å². The number of benzene rings is 2. The Morgan fingerprint density at radius 1 is 1.14 bits per heavy atom. The monoisotopic (exact) mass is 396 g/mol.